The average molecular weight is 342 g/mol. The maximum absolute atomic E-state index is 12.4. The van der Waals surface area contributed by atoms with Gasteiger partial charge in [0.05, 0.1) is 12.2 Å². The van der Waals surface area contributed by atoms with Crippen molar-refractivity contribution in [3.8, 4) is 5.75 Å². The molecule has 0 radical (unpaired) electrons. The zero-order valence-corrected chi connectivity index (χ0v) is 14.6. The summed E-state index contributed by atoms with van der Waals surface area (Å²) in [6.07, 6.45) is 1.72. The van der Waals surface area contributed by atoms with Gasteiger partial charge in [-0.1, -0.05) is 49.4 Å². The molecule has 2 aromatic rings. The highest BCUT2D eigenvalue weighted by molar-refractivity contribution is 7.80. The Labute approximate surface area is 148 Å². The van der Waals surface area contributed by atoms with E-state index in [1.807, 2.05) is 37.3 Å². The lowest BCUT2D eigenvalue weighted by Gasteiger charge is -2.13. The second-order valence-electron chi connectivity index (χ2n) is 5.29. The molecular formula is C19H22N2O2S. The molecule has 1 amide bonds. The fourth-order valence-electron chi connectivity index (χ4n) is 2.16. The Morgan fingerprint density at radius 1 is 1.08 bits per heavy atom. The molecule has 2 aromatic carbocycles. The maximum Gasteiger partial charge on any atom is 0.261 e. The van der Waals surface area contributed by atoms with Crippen LogP contribution in [0.25, 0.3) is 0 Å². The molecule has 126 valence electrons. The number of thiocarbonyl (C=S) groups is 1. The smallest absolute Gasteiger partial charge is 0.261 e. The summed E-state index contributed by atoms with van der Waals surface area (Å²) >= 11 is 5.11. The quantitative estimate of drug-likeness (QED) is 0.758. The topological polar surface area (TPSA) is 50.4 Å². The summed E-state index contributed by atoms with van der Waals surface area (Å²) in [7, 11) is 0. The third-order valence-electron chi connectivity index (χ3n) is 3.39. The predicted molar refractivity (Wildman–Crippen MR) is 100 cm³/mol. The van der Waals surface area contributed by atoms with Crippen LogP contribution in [0, 0.1) is 0 Å². The van der Waals surface area contributed by atoms with E-state index in [1.165, 1.54) is 5.56 Å². The molecule has 0 unspecified atom stereocenters. The summed E-state index contributed by atoms with van der Waals surface area (Å²) in [5.74, 6) is 0.295. The SMILES string of the molecule is CCCNC(=S)NC(=O)c1ccccc1OCCc1ccccc1. The highest BCUT2D eigenvalue weighted by Crippen LogP contribution is 2.18. The van der Waals surface area contributed by atoms with E-state index >= 15 is 0 Å². The first-order valence-electron chi connectivity index (χ1n) is 8.05. The minimum Gasteiger partial charge on any atom is -0.492 e. The van der Waals surface area contributed by atoms with Crippen LogP contribution in [-0.2, 0) is 6.42 Å². The van der Waals surface area contributed by atoms with E-state index in [0.717, 1.165) is 19.4 Å². The largest absolute Gasteiger partial charge is 0.492 e. The van der Waals surface area contributed by atoms with Crippen LogP contribution in [-0.4, -0.2) is 24.2 Å². The zero-order chi connectivity index (χ0) is 17.2. The molecule has 4 nitrogen and oxygen atoms in total. The Morgan fingerprint density at radius 2 is 1.79 bits per heavy atom. The van der Waals surface area contributed by atoms with Gasteiger partial charge in [-0.2, -0.15) is 0 Å². The van der Waals surface area contributed by atoms with E-state index in [-0.39, 0.29) is 5.91 Å². The molecule has 2 N–H and O–H groups in total. The van der Waals surface area contributed by atoms with Gasteiger partial charge in [-0.25, -0.2) is 0 Å². The molecule has 0 aromatic heterocycles. The van der Waals surface area contributed by atoms with Crippen LogP contribution >= 0.6 is 12.2 Å². The van der Waals surface area contributed by atoms with Crippen LogP contribution < -0.4 is 15.4 Å². The summed E-state index contributed by atoms with van der Waals surface area (Å²) in [6, 6.07) is 17.3. The molecule has 0 bridgehead atoms. The molecule has 2 rings (SSSR count). The minimum absolute atomic E-state index is 0.265. The summed E-state index contributed by atoms with van der Waals surface area (Å²) in [5, 5.41) is 5.99. The van der Waals surface area contributed by atoms with Gasteiger partial charge < -0.3 is 10.1 Å². The van der Waals surface area contributed by atoms with Gasteiger partial charge in [-0.05, 0) is 36.3 Å². The van der Waals surface area contributed by atoms with Crippen molar-refractivity contribution in [1.82, 2.24) is 10.6 Å². The van der Waals surface area contributed by atoms with Crippen LogP contribution in [0.3, 0.4) is 0 Å². The molecule has 0 aliphatic heterocycles. The van der Waals surface area contributed by atoms with Gasteiger partial charge in [0, 0.05) is 13.0 Å². The molecule has 0 aliphatic carbocycles. The number of amides is 1. The zero-order valence-electron chi connectivity index (χ0n) is 13.7. The van der Waals surface area contributed by atoms with E-state index in [4.69, 9.17) is 17.0 Å². The number of hydrogen-bond acceptors (Lipinski definition) is 3. The van der Waals surface area contributed by atoms with Crippen molar-refractivity contribution < 1.29 is 9.53 Å². The lowest BCUT2D eigenvalue weighted by Crippen LogP contribution is -2.39. The van der Waals surface area contributed by atoms with E-state index in [1.54, 1.807) is 12.1 Å². The number of benzene rings is 2. The van der Waals surface area contributed by atoms with E-state index in [2.05, 4.69) is 22.8 Å². The average Bonchev–Trinajstić information content (AvgIpc) is 2.61. The molecule has 5 heteroatoms. The first kappa shape index (κ1) is 17.9. The highest BCUT2D eigenvalue weighted by atomic mass is 32.1. The summed E-state index contributed by atoms with van der Waals surface area (Å²) in [5.41, 5.74) is 1.68. The van der Waals surface area contributed by atoms with Gasteiger partial charge in [-0.3, -0.25) is 10.1 Å². The maximum atomic E-state index is 12.4. The van der Waals surface area contributed by atoms with Crippen LogP contribution in [0.15, 0.2) is 54.6 Å². The number of ether oxygens (including phenoxy) is 1. The van der Waals surface area contributed by atoms with Crippen LogP contribution in [0.5, 0.6) is 5.75 Å². The Balaban J connectivity index is 1.94. The van der Waals surface area contributed by atoms with Crippen molar-refractivity contribution in [2.75, 3.05) is 13.2 Å². The molecule has 0 saturated carbocycles. The molecule has 0 spiro atoms. The van der Waals surface area contributed by atoms with Crippen molar-refractivity contribution >= 4 is 23.2 Å². The van der Waals surface area contributed by atoms with Crippen LogP contribution in [0.2, 0.25) is 0 Å². The van der Waals surface area contributed by atoms with Crippen LogP contribution in [0.4, 0.5) is 0 Å². The third kappa shape index (κ3) is 5.66. The standard InChI is InChI=1S/C19H22N2O2S/c1-2-13-20-19(24)21-18(22)16-10-6-7-11-17(16)23-14-12-15-8-4-3-5-9-15/h3-11H,2,12-14H2,1H3,(H2,20,21,22,24). The molecule has 0 atom stereocenters. The molecule has 0 saturated heterocycles. The lowest BCUT2D eigenvalue weighted by atomic mass is 10.1. The fourth-order valence-corrected chi connectivity index (χ4v) is 2.35. The van der Waals surface area contributed by atoms with Crippen molar-refractivity contribution in [3.63, 3.8) is 0 Å². The predicted octanol–water partition coefficient (Wildman–Crippen LogP) is 3.32. The van der Waals surface area contributed by atoms with Crippen molar-refractivity contribution in [3.05, 3.63) is 65.7 Å². The van der Waals surface area contributed by atoms with Crippen LogP contribution in [0.1, 0.15) is 29.3 Å². The number of hydrogen-bond donors (Lipinski definition) is 2. The monoisotopic (exact) mass is 342 g/mol. The van der Waals surface area contributed by atoms with E-state index < -0.39 is 0 Å². The molecule has 0 fully saturated rings. The first-order chi connectivity index (χ1) is 11.7. The number of rotatable bonds is 7. The fraction of sp³-hybridized carbons (Fsp3) is 0.263. The van der Waals surface area contributed by atoms with Gasteiger partial charge in [0.2, 0.25) is 0 Å². The van der Waals surface area contributed by atoms with Gasteiger partial charge in [0.15, 0.2) is 5.11 Å². The third-order valence-corrected chi connectivity index (χ3v) is 3.63. The number of nitrogens with one attached hydrogen (secondary N) is 2. The van der Waals surface area contributed by atoms with E-state index in [0.29, 0.717) is 23.0 Å². The Bertz CT molecular complexity index is 674. The first-order valence-corrected chi connectivity index (χ1v) is 8.46. The highest BCUT2D eigenvalue weighted by Gasteiger charge is 2.13. The summed E-state index contributed by atoms with van der Waals surface area (Å²) in [6.45, 7) is 3.27. The number of para-hydroxylation sites is 1. The molecular weight excluding hydrogens is 320 g/mol. The summed E-state index contributed by atoms with van der Waals surface area (Å²) < 4.78 is 5.80. The summed E-state index contributed by atoms with van der Waals surface area (Å²) in [4.78, 5) is 12.4. The molecule has 0 aliphatic rings. The minimum atomic E-state index is -0.265. The Kier molecular flexibility index (Phi) is 7.23. The molecule has 0 heterocycles. The van der Waals surface area contributed by atoms with Crippen molar-refractivity contribution in [1.29, 1.82) is 0 Å². The number of carbonyl (C=O) groups excluding carboxylic acids is 1. The van der Waals surface area contributed by atoms with Crippen molar-refractivity contribution in [2.24, 2.45) is 0 Å². The van der Waals surface area contributed by atoms with Gasteiger partial charge >= 0.3 is 0 Å². The Morgan fingerprint density at radius 3 is 2.54 bits per heavy atom. The normalized spacial score (nSPS) is 10.0. The van der Waals surface area contributed by atoms with Gasteiger partial charge in [0.1, 0.15) is 5.75 Å². The second-order valence-corrected chi connectivity index (χ2v) is 5.70. The molecule has 24 heavy (non-hydrogen) atoms. The number of carbonyl (C=O) groups is 1. The van der Waals surface area contributed by atoms with E-state index in [9.17, 15) is 4.79 Å². The van der Waals surface area contributed by atoms with Gasteiger partial charge in [-0.15, -0.1) is 0 Å². The van der Waals surface area contributed by atoms with Crippen molar-refractivity contribution in [2.45, 2.75) is 19.8 Å². The lowest BCUT2D eigenvalue weighted by molar-refractivity contribution is 0.0972. The van der Waals surface area contributed by atoms with Gasteiger partial charge in [0.25, 0.3) is 5.91 Å². The Hall–Kier alpha value is -2.40. The second kappa shape index (κ2) is 9.67.